The summed E-state index contributed by atoms with van der Waals surface area (Å²) in [4.78, 5) is 48.5. The molecule has 0 spiro atoms. The molecule has 0 aliphatic carbocycles. The summed E-state index contributed by atoms with van der Waals surface area (Å²) >= 11 is 1.56. The van der Waals surface area contributed by atoms with Gasteiger partial charge in [0, 0.05) is 23.4 Å². The van der Waals surface area contributed by atoms with Crippen LogP contribution in [0.2, 0.25) is 0 Å². The maximum absolute atomic E-state index is 12.3. The number of benzene rings is 1. The monoisotopic (exact) mass is 377 g/mol. The van der Waals surface area contributed by atoms with Gasteiger partial charge in [0.15, 0.2) is 6.61 Å². The third-order valence-electron chi connectivity index (χ3n) is 4.52. The largest absolute Gasteiger partial charge is 0.454 e. The molecule has 0 saturated carbocycles. The van der Waals surface area contributed by atoms with E-state index < -0.39 is 30.4 Å². The van der Waals surface area contributed by atoms with Gasteiger partial charge in [-0.25, -0.2) is 4.79 Å². The lowest BCUT2D eigenvalue weighted by Crippen LogP contribution is -2.47. The third kappa shape index (κ3) is 3.52. The standard InChI is InChI=1S/C17H19N3O5S/c1-17-7-6-14(22)20(17)12(9-26-17)16(24)25-8-13(21)19-11-4-2-10(3-5-11)15(18)23/h2-5,12H,6-9H2,1H3,(H2,18,23)(H,19,21)/t12-,17-/m1/s1. The molecule has 0 bridgehead atoms. The number of hydrogen-bond acceptors (Lipinski definition) is 6. The Morgan fingerprint density at radius 3 is 2.69 bits per heavy atom. The van der Waals surface area contributed by atoms with Crippen molar-refractivity contribution in [3.05, 3.63) is 29.8 Å². The Bertz CT molecular complexity index is 766. The van der Waals surface area contributed by atoms with Gasteiger partial charge in [-0.3, -0.25) is 14.4 Å². The molecule has 3 rings (SSSR count). The molecular weight excluding hydrogens is 358 g/mol. The smallest absolute Gasteiger partial charge is 0.330 e. The van der Waals surface area contributed by atoms with Gasteiger partial charge in [-0.05, 0) is 37.6 Å². The molecule has 2 heterocycles. The highest BCUT2D eigenvalue weighted by atomic mass is 32.2. The lowest BCUT2D eigenvalue weighted by molar-refractivity contribution is -0.155. The van der Waals surface area contributed by atoms with Gasteiger partial charge in [-0.2, -0.15) is 0 Å². The van der Waals surface area contributed by atoms with Crippen LogP contribution < -0.4 is 11.1 Å². The summed E-state index contributed by atoms with van der Waals surface area (Å²) in [5, 5.41) is 2.56. The van der Waals surface area contributed by atoms with Crippen molar-refractivity contribution in [1.29, 1.82) is 0 Å². The van der Waals surface area contributed by atoms with Crippen LogP contribution in [0.15, 0.2) is 24.3 Å². The summed E-state index contributed by atoms with van der Waals surface area (Å²) < 4.78 is 5.09. The first-order valence-corrected chi connectivity index (χ1v) is 9.11. The molecule has 26 heavy (non-hydrogen) atoms. The van der Waals surface area contributed by atoms with Crippen LogP contribution in [0.3, 0.4) is 0 Å². The highest BCUT2D eigenvalue weighted by molar-refractivity contribution is 8.01. The Balaban J connectivity index is 1.52. The van der Waals surface area contributed by atoms with Gasteiger partial charge in [-0.1, -0.05) is 0 Å². The van der Waals surface area contributed by atoms with E-state index in [1.54, 1.807) is 16.7 Å². The minimum atomic E-state index is -0.650. The van der Waals surface area contributed by atoms with E-state index in [0.29, 0.717) is 29.8 Å². The van der Waals surface area contributed by atoms with Gasteiger partial charge >= 0.3 is 5.97 Å². The summed E-state index contributed by atoms with van der Waals surface area (Å²) in [7, 11) is 0. The number of primary amides is 1. The molecule has 3 N–H and O–H groups in total. The van der Waals surface area contributed by atoms with Crippen LogP contribution in [0.4, 0.5) is 5.69 Å². The summed E-state index contributed by atoms with van der Waals surface area (Å²) in [6, 6.07) is 5.38. The topological polar surface area (TPSA) is 119 Å². The number of carbonyl (C=O) groups excluding carboxylic acids is 4. The molecule has 2 aliphatic heterocycles. The van der Waals surface area contributed by atoms with Gasteiger partial charge < -0.3 is 20.7 Å². The normalized spacial score (nSPS) is 24.3. The lowest BCUT2D eigenvalue weighted by atomic mass is 10.2. The van der Waals surface area contributed by atoms with Crippen molar-refractivity contribution in [2.24, 2.45) is 5.73 Å². The van der Waals surface area contributed by atoms with Crippen molar-refractivity contribution in [2.45, 2.75) is 30.7 Å². The first-order valence-electron chi connectivity index (χ1n) is 8.13. The van der Waals surface area contributed by atoms with Crippen molar-refractivity contribution in [3.63, 3.8) is 0 Å². The fourth-order valence-corrected chi connectivity index (χ4v) is 4.56. The van der Waals surface area contributed by atoms with Gasteiger partial charge in [0.1, 0.15) is 6.04 Å². The summed E-state index contributed by atoms with van der Waals surface area (Å²) in [5.74, 6) is -1.23. The molecule has 0 radical (unpaired) electrons. The molecule has 2 fully saturated rings. The quantitative estimate of drug-likeness (QED) is 0.730. The second-order valence-electron chi connectivity index (χ2n) is 6.36. The Kier molecular flexibility index (Phi) is 4.90. The van der Waals surface area contributed by atoms with Crippen LogP contribution in [-0.2, 0) is 19.1 Å². The first-order chi connectivity index (χ1) is 12.3. The number of esters is 1. The van der Waals surface area contributed by atoms with Crippen LogP contribution in [0.5, 0.6) is 0 Å². The molecule has 3 amide bonds. The summed E-state index contributed by atoms with van der Waals surface area (Å²) in [6.07, 6.45) is 1.14. The molecule has 2 aliphatic rings. The van der Waals surface area contributed by atoms with Crippen molar-refractivity contribution < 1.29 is 23.9 Å². The zero-order valence-electron chi connectivity index (χ0n) is 14.2. The number of rotatable bonds is 5. The SMILES string of the molecule is C[C@@]12CCC(=O)N1[C@@H](C(=O)OCC(=O)Nc1ccc(C(N)=O)cc1)CS2. The van der Waals surface area contributed by atoms with Crippen molar-refractivity contribution in [3.8, 4) is 0 Å². The first kappa shape index (κ1) is 18.2. The number of anilines is 1. The maximum Gasteiger partial charge on any atom is 0.330 e. The average Bonchev–Trinajstić information content (AvgIpc) is 3.09. The Hall–Kier alpha value is -2.55. The Labute approximate surface area is 154 Å². The molecule has 1 aromatic carbocycles. The number of fused-ring (bicyclic) bond motifs is 1. The fraction of sp³-hybridized carbons (Fsp3) is 0.412. The zero-order chi connectivity index (χ0) is 18.9. The van der Waals surface area contributed by atoms with Crippen LogP contribution >= 0.6 is 11.8 Å². The van der Waals surface area contributed by atoms with E-state index in [2.05, 4.69) is 5.32 Å². The highest BCUT2D eigenvalue weighted by Gasteiger charge is 2.53. The molecular formula is C17H19N3O5S. The summed E-state index contributed by atoms with van der Waals surface area (Å²) in [6.45, 7) is 1.49. The molecule has 2 atom stereocenters. The van der Waals surface area contributed by atoms with Crippen LogP contribution in [0.25, 0.3) is 0 Å². The molecule has 9 heteroatoms. The van der Waals surface area contributed by atoms with E-state index in [-0.39, 0.29) is 10.8 Å². The summed E-state index contributed by atoms with van der Waals surface area (Å²) in [5.41, 5.74) is 5.93. The van der Waals surface area contributed by atoms with Crippen LogP contribution in [0, 0.1) is 0 Å². The van der Waals surface area contributed by atoms with E-state index >= 15 is 0 Å². The van der Waals surface area contributed by atoms with Crippen molar-refractivity contribution >= 4 is 41.1 Å². The van der Waals surface area contributed by atoms with E-state index in [0.717, 1.165) is 0 Å². The van der Waals surface area contributed by atoms with Crippen molar-refractivity contribution in [1.82, 2.24) is 4.90 Å². The fourth-order valence-electron chi connectivity index (χ4n) is 3.14. The Morgan fingerprint density at radius 1 is 1.35 bits per heavy atom. The third-order valence-corrected chi connectivity index (χ3v) is 6.02. The zero-order valence-corrected chi connectivity index (χ0v) is 15.0. The predicted octanol–water partition coefficient (Wildman–Crippen LogP) is 0.721. The van der Waals surface area contributed by atoms with Crippen LogP contribution in [0.1, 0.15) is 30.1 Å². The molecule has 138 valence electrons. The molecule has 0 aromatic heterocycles. The second kappa shape index (κ2) is 6.99. The maximum atomic E-state index is 12.3. The van der Waals surface area contributed by atoms with Gasteiger partial charge in [0.25, 0.3) is 5.91 Å². The number of carbonyl (C=O) groups is 4. The number of hydrogen-bond donors (Lipinski definition) is 2. The Morgan fingerprint density at radius 2 is 2.04 bits per heavy atom. The second-order valence-corrected chi connectivity index (χ2v) is 7.86. The number of ether oxygens (including phenoxy) is 1. The number of nitrogens with zero attached hydrogens (tertiary/aromatic N) is 1. The molecule has 1 aromatic rings. The van der Waals surface area contributed by atoms with Gasteiger partial charge in [0.2, 0.25) is 11.8 Å². The minimum Gasteiger partial charge on any atom is -0.454 e. The highest BCUT2D eigenvalue weighted by Crippen LogP contribution is 2.47. The van der Waals surface area contributed by atoms with Crippen LogP contribution in [-0.4, -0.2) is 51.9 Å². The molecule has 8 nitrogen and oxygen atoms in total. The van der Waals surface area contributed by atoms with E-state index in [1.165, 1.54) is 24.3 Å². The number of thioether (sulfide) groups is 1. The van der Waals surface area contributed by atoms with Gasteiger partial charge in [-0.15, -0.1) is 11.8 Å². The lowest BCUT2D eigenvalue weighted by Gasteiger charge is -2.29. The average molecular weight is 377 g/mol. The number of amides is 3. The number of nitrogens with two attached hydrogens (primary N) is 1. The molecule has 2 saturated heterocycles. The minimum absolute atomic E-state index is 0.0570. The predicted molar refractivity (Wildman–Crippen MR) is 95.3 cm³/mol. The van der Waals surface area contributed by atoms with E-state index in [9.17, 15) is 19.2 Å². The van der Waals surface area contributed by atoms with E-state index in [4.69, 9.17) is 10.5 Å². The number of nitrogens with one attached hydrogen (secondary N) is 1. The van der Waals surface area contributed by atoms with Gasteiger partial charge in [0.05, 0.1) is 4.87 Å². The molecule has 0 unspecified atom stereocenters. The van der Waals surface area contributed by atoms with Crippen molar-refractivity contribution in [2.75, 3.05) is 17.7 Å². The van der Waals surface area contributed by atoms with E-state index in [1.807, 2.05) is 6.92 Å².